The minimum atomic E-state index is -0.166. The molecule has 0 aliphatic carbocycles. The summed E-state index contributed by atoms with van der Waals surface area (Å²) >= 11 is 0. The Bertz CT molecular complexity index is 1020. The van der Waals surface area contributed by atoms with E-state index in [1.165, 1.54) is 10.9 Å². The molecule has 0 saturated heterocycles. The van der Waals surface area contributed by atoms with Gasteiger partial charge in [0, 0.05) is 11.8 Å². The second-order valence-corrected chi connectivity index (χ2v) is 5.88. The molecule has 1 aromatic carbocycles. The van der Waals surface area contributed by atoms with Gasteiger partial charge in [-0.2, -0.15) is 15.0 Å². The van der Waals surface area contributed by atoms with Crippen LogP contribution in [-0.2, 0) is 4.79 Å². The van der Waals surface area contributed by atoms with Gasteiger partial charge in [-0.15, -0.1) is 0 Å². The van der Waals surface area contributed by atoms with Crippen LogP contribution in [0.5, 0.6) is 5.75 Å². The van der Waals surface area contributed by atoms with E-state index in [-0.39, 0.29) is 11.5 Å². The lowest BCUT2D eigenvalue weighted by Crippen LogP contribution is -2.16. The molecule has 0 saturated carbocycles. The third kappa shape index (κ3) is 3.09. The minimum Gasteiger partial charge on any atom is -0.494 e. The Labute approximate surface area is 151 Å². The monoisotopic (exact) mass is 349 g/mol. The maximum Gasteiger partial charge on any atom is 0.225 e. The zero-order chi connectivity index (χ0) is 18.7. The topological polar surface area (TPSA) is 92.8 Å². The van der Waals surface area contributed by atoms with Gasteiger partial charge in [0.1, 0.15) is 22.9 Å². The van der Waals surface area contributed by atoms with Crippen LogP contribution in [0.2, 0.25) is 0 Å². The molecule has 7 nitrogen and oxygen atoms in total. The molecule has 2 aromatic heterocycles. The summed E-state index contributed by atoms with van der Waals surface area (Å²) in [6, 6.07) is 9.64. The number of benzene rings is 1. The highest BCUT2D eigenvalue weighted by molar-refractivity contribution is 5.92. The number of amides is 1. The number of hydrogen-bond donors (Lipinski definition) is 1. The second-order valence-electron chi connectivity index (χ2n) is 5.88. The zero-order valence-corrected chi connectivity index (χ0v) is 14.9. The molecule has 132 valence electrons. The maximum absolute atomic E-state index is 12.0. The number of aromatic nitrogens is 3. The van der Waals surface area contributed by atoms with Crippen molar-refractivity contribution in [2.45, 2.75) is 26.7 Å². The van der Waals surface area contributed by atoms with Crippen molar-refractivity contribution in [1.82, 2.24) is 14.8 Å². The fourth-order valence-corrected chi connectivity index (χ4v) is 2.79. The van der Waals surface area contributed by atoms with Crippen molar-refractivity contribution in [3.05, 3.63) is 41.6 Å². The van der Waals surface area contributed by atoms with E-state index in [4.69, 9.17) is 4.74 Å². The first-order valence-electron chi connectivity index (χ1n) is 8.31. The van der Waals surface area contributed by atoms with Gasteiger partial charge in [0.25, 0.3) is 0 Å². The Morgan fingerprint density at radius 2 is 2.23 bits per heavy atom. The van der Waals surface area contributed by atoms with E-state index in [9.17, 15) is 10.1 Å². The number of hydrogen-bond acceptors (Lipinski definition) is 5. The molecule has 0 aliphatic rings. The smallest absolute Gasteiger partial charge is 0.225 e. The number of nitrogens with one attached hydrogen (secondary N) is 1. The predicted molar refractivity (Wildman–Crippen MR) is 98.4 cm³/mol. The largest absolute Gasteiger partial charge is 0.494 e. The SMILES string of the molecule is CCCC(=O)Nc1c(C#N)cnn1-c1cc(C)c2cccc(OC)c2n1. The standard InChI is InChI=1S/C19H19N5O2/c1-4-6-17(25)23-19-13(10-20)11-21-24(19)16-9-12(2)14-7-5-8-15(26-3)18(14)22-16/h5,7-9,11H,4,6H2,1-3H3,(H,23,25). The first-order chi connectivity index (χ1) is 12.6. The van der Waals surface area contributed by atoms with Crippen molar-refractivity contribution in [1.29, 1.82) is 5.26 Å². The third-order valence-corrected chi connectivity index (χ3v) is 4.06. The molecular weight excluding hydrogens is 330 g/mol. The van der Waals surface area contributed by atoms with Gasteiger partial charge >= 0.3 is 0 Å². The van der Waals surface area contributed by atoms with E-state index in [0.717, 1.165) is 10.9 Å². The van der Waals surface area contributed by atoms with Crippen LogP contribution in [0.15, 0.2) is 30.5 Å². The molecule has 2 heterocycles. The van der Waals surface area contributed by atoms with Crippen LogP contribution < -0.4 is 10.1 Å². The van der Waals surface area contributed by atoms with E-state index in [1.54, 1.807) is 7.11 Å². The molecule has 0 atom stereocenters. The van der Waals surface area contributed by atoms with Crippen molar-refractivity contribution >= 4 is 22.6 Å². The summed E-state index contributed by atoms with van der Waals surface area (Å²) in [5.41, 5.74) is 1.97. The normalized spacial score (nSPS) is 10.5. The number of rotatable bonds is 5. The number of aryl methyl sites for hydroxylation is 1. The summed E-state index contributed by atoms with van der Waals surface area (Å²) in [7, 11) is 1.59. The summed E-state index contributed by atoms with van der Waals surface area (Å²) in [6.45, 7) is 3.89. The van der Waals surface area contributed by atoms with Crippen LogP contribution >= 0.6 is 0 Å². The highest BCUT2D eigenvalue weighted by atomic mass is 16.5. The number of ether oxygens (including phenoxy) is 1. The average Bonchev–Trinajstić information content (AvgIpc) is 3.03. The molecule has 7 heteroatoms. The van der Waals surface area contributed by atoms with E-state index < -0.39 is 0 Å². The Morgan fingerprint density at radius 1 is 1.42 bits per heavy atom. The minimum absolute atomic E-state index is 0.166. The Hall–Kier alpha value is -3.40. The first kappa shape index (κ1) is 17.4. The van der Waals surface area contributed by atoms with E-state index >= 15 is 0 Å². The van der Waals surface area contributed by atoms with Crippen LogP contribution in [-0.4, -0.2) is 27.8 Å². The second kappa shape index (κ2) is 7.23. The number of methoxy groups -OCH3 is 1. The lowest BCUT2D eigenvalue weighted by molar-refractivity contribution is -0.116. The number of nitriles is 1. The summed E-state index contributed by atoms with van der Waals surface area (Å²) in [5.74, 6) is 1.32. The van der Waals surface area contributed by atoms with Gasteiger partial charge in [-0.25, -0.2) is 4.98 Å². The van der Waals surface area contributed by atoms with Crippen molar-refractivity contribution < 1.29 is 9.53 Å². The Kier molecular flexibility index (Phi) is 4.85. The molecule has 26 heavy (non-hydrogen) atoms. The van der Waals surface area contributed by atoms with Gasteiger partial charge in [-0.3, -0.25) is 4.79 Å². The van der Waals surface area contributed by atoms with Crippen molar-refractivity contribution in [2.75, 3.05) is 12.4 Å². The van der Waals surface area contributed by atoms with Gasteiger partial charge in [0.05, 0.1) is 13.3 Å². The van der Waals surface area contributed by atoms with Crippen LogP contribution in [0.1, 0.15) is 30.9 Å². The summed E-state index contributed by atoms with van der Waals surface area (Å²) in [5, 5.41) is 17.3. The van der Waals surface area contributed by atoms with Crippen molar-refractivity contribution in [2.24, 2.45) is 0 Å². The molecule has 1 amide bonds. The lowest BCUT2D eigenvalue weighted by atomic mass is 10.1. The number of carbonyl (C=O) groups excluding carboxylic acids is 1. The molecule has 3 rings (SSSR count). The van der Waals surface area contributed by atoms with Gasteiger partial charge in [-0.05, 0) is 31.0 Å². The fourth-order valence-electron chi connectivity index (χ4n) is 2.79. The molecule has 0 bridgehead atoms. The zero-order valence-electron chi connectivity index (χ0n) is 14.9. The van der Waals surface area contributed by atoms with Crippen LogP contribution in [0.3, 0.4) is 0 Å². The number of pyridine rings is 1. The van der Waals surface area contributed by atoms with Crippen molar-refractivity contribution in [3.63, 3.8) is 0 Å². The van der Waals surface area contributed by atoms with E-state index in [2.05, 4.69) is 21.5 Å². The average molecular weight is 349 g/mol. The summed E-state index contributed by atoms with van der Waals surface area (Å²) < 4.78 is 6.89. The number of nitrogens with zero attached hydrogens (tertiary/aromatic N) is 4. The number of para-hydroxylation sites is 1. The molecule has 3 aromatic rings. The van der Waals surface area contributed by atoms with Crippen LogP contribution in [0, 0.1) is 18.3 Å². The van der Waals surface area contributed by atoms with Gasteiger partial charge < -0.3 is 10.1 Å². The fraction of sp³-hybridized carbons (Fsp3) is 0.263. The predicted octanol–water partition coefficient (Wildman–Crippen LogP) is 3.35. The van der Waals surface area contributed by atoms with Gasteiger partial charge in [0.15, 0.2) is 11.6 Å². The van der Waals surface area contributed by atoms with E-state index in [1.807, 2.05) is 38.1 Å². The molecule has 0 radical (unpaired) electrons. The van der Waals surface area contributed by atoms with Crippen LogP contribution in [0.4, 0.5) is 5.82 Å². The van der Waals surface area contributed by atoms with Gasteiger partial charge in [0.2, 0.25) is 5.91 Å². The molecular formula is C19H19N5O2. The quantitative estimate of drug-likeness (QED) is 0.762. The van der Waals surface area contributed by atoms with Gasteiger partial charge in [-0.1, -0.05) is 19.1 Å². The summed E-state index contributed by atoms with van der Waals surface area (Å²) in [4.78, 5) is 16.7. The lowest BCUT2D eigenvalue weighted by Gasteiger charge is -2.12. The molecule has 1 N–H and O–H groups in total. The number of carbonyl (C=O) groups is 1. The number of anilines is 1. The molecule has 0 fully saturated rings. The highest BCUT2D eigenvalue weighted by Crippen LogP contribution is 2.29. The van der Waals surface area contributed by atoms with Crippen LogP contribution in [0.25, 0.3) is 16.7 Å². The van der Waals surface area contributed by atoms with Crippen molar-refractivity contribution in [3.8, 4) is 17.6 Å². The molecule has 0 aliphatic heterocycles. The first-order valence-corrected chi connectivity index (χ1v) is 8.31. The molecule has 0 spiro atoms. The van der Waals surface area contributed by atoms with E-state index in [0.29, 0.717) is 35.7 Å². The Morgan fingerprint density at radius 3 is 2.92 bits per heavy atom. The maximum atomic E-state index is 12.0. The Balaban J connectivity index is 2.16. The highest BCUT2D eigenvalue weighted by Gasteiger charge is 2.17. The number of fused-ring (bicyclic) bond motifs is 1. The molecule has 0 unspecified atom stereocenters. The third-order valence-electron chi connectivity index (χ3n) is 4.06. The summed E-state index contributed by atoms with van der Waals surface area (Å²) in [6.07, 6.45) is 2.51.